The van der Waals surface area contributed by atoms with Crippen LogP contribution in [0.4, 0.5) is 0 Å². The first-order valence-corrected chi connectivity index (χ1v) is 3.98. The maximum Gasteiger partial charge on any atom is 0.0291 e. The molecule has 1 nitrogen and oxygen atoms in total. The van der Waals surface area contributed by atoms with Gasteiger partial charge in [-0.05, 0) is 32.0 Å². The molecule has 1 heteroatoms. The lowest BCUT2D eigenvalue weighted by molar-refractivity contribution is 0.648. The molecule has 11 heavy (non-hydrogen) atoms. The third kappa shape index (κ3) is 1.81. The van der Waals surface area contributed by atoms with Crippen molar-refractivity contribution in [3.8, 4) is 0 Å². The molecular formula is C10H15N. The Bertz CT molecular complexity index is 230. The second-order valence-corrected chi connectivity index (χ2v) is 2.87. The number of nitrogens with one attached hydrogen (secondary N) is 1. The van der Waals surface area contributed by atoms with Crippen LogP contribution in [0.1, 0.15) is 24.1 Å². The molecule has 0 saturated heterocycles. The summed E-state index contributed by atoms with van der Waals surface area (Å²) in [4.78, 5) is 0. The summed E-state index contributed by atoms with van der Waals surface area (Å²) in [6.07, 6.45) is 0. The number of rotatable bonds is 2. The van der Waals surface area contributed by atoms with E-state index in [4.69, 9.17) is 0 Å². The minimum Gasteiger partial charge on any atom is -0.313 e. The first-order valence-electron chi connectivity index (χ1n) is 3.98. The summed E-state index contributed by atoms with van der Waals surface area (Å²) in [7, 11) is 1.98. The number of hydrogen-bond donors (Lipinski definition) is 1. The van der Waals surface area contributed by atoms with Gasteiger partial charge in [-0.15, -0.1) is 0 Å². The van der Waals surface area contributed by atoms with Gasteiger partial charge in [-0.1, -0.05) is 24.3 Å². The highest BCUT2D eigenvalue weighted by Gasteiger charge is 2.02. The molecule has 0 aliphatic heterocycles. The molecular weight excluding hydrogens is 134 g/mol. The van der Waals surface area contributed by atoms with Gasteiger partial charge >= 0.3 is 0 Å². The molecule has 60 valence electrons. The Morgan fingerprint density at radius 2 is 1.91 bits per heavy atom. The minimum atomic E-state index is 0.455. The predicted molar refractivity (Wildman–Crippen MR) is 48.7 cm³/mol. The van der Waals surface area contributed by atoms with Crippen molar-refractivity contribution in [1.29, 1.82) is 0 Å². The average molecular weight is 149 g/mol. The lowest BCUT2D eigenvalue weighted by Gasteiger charge is -2.12. The highest BCUT2D eigenvalue weighted by molar-refractivity contribution is 5.27. The Morgan fingerprint density at radius 1 is 1.27 bits per heavy atom. The maximum absolute atomic E-state index is 3.22. The molecule has 0 radical (unpaired) electrons. The molecule has 0 unspecified atom stereocenters. The molecule has 0 bridgehead atoms. The standard InChI is InChI=1S/C10H15N/c1-8-6-4-5-7-10(8)9(2)11-3/h4-7,9,11H,1-3H3/t9-/m1/s1. The van der Waals surface area contributed by atoms with E-state index in [1.165, 1.54) is 11.1 Å². The van der Waals surface area contributed by atoms with Gasteiger partial charge in [0.1, 0.15) is 0 Å². The van der Waals surface area contributed by atoms with Crippen LogP contribution in [-0.4, -0.2) is 7.05 Å². The lowest BCUT2D eigenvalue weighted by atomic mass is 10.0. The van der Waals surface area contributed by atoms with Crippen molar-refractivity contribution in [2.24, 2.45) is 0 Å². The van der Waals surface area contributed by atoms with Gasteiger partial charge < -0.3 is 5.32 Å². The topological polar surface area (TPSA) is 12.0 Å². The molecule has 1 rings (SSSR count). The summed E-state index contributed by atoms with van der Waals surface area (Å²) in [5, 5.41) is 3.22. The average Bonchev–Trinajstić information content (AvgIpc) is 2.04. The fourth-order valence-electron chi connectivity index (χ4n) is 1.23. The van der Waals surface area contributed by atoms with Gasteiger partial charge in [-0.2, -0.15) is 0 Å². The van der Waals surface area contributed by atoms with E-state index in [2.05, 4.69) is 43.4 Å². The van der Waals surface area contributed by atoms with Gasteiger partial charge in [0.25, 0.3) is 0 Å². The van der Waals surface area contributed by atoms with Crippen LogP contribution in [0.3, 0.4) is 0 Å². The van der Waals surface area contributed by atoms with Crippen LogP contribution in [0.25, 0.3) is 0 Å². The van der Waals surface area contributed by atoms with Crippen LogP contribution in [0.2, 0.25) is 0 Å². The van der Waals surface area contributed by atoms with Crippen LogP contribution in [-0.2, 0) is 0 Å². The van der Waals surface area contributed by atoms with E-state index in [1.54, 1.807) is 0 Å². The highest BCUT2D eigenvalue weighted by Crippen LogP contribution is 2.15. The van der Waals surface area contributed by atoms with Gasteiger partial charge in [0.2, 0.25) is 0 Å². The molecule has 1 N–H and O–H groups in total. The first kappa shape index (κ1) is 8.28. The molecule has 0 aliphatic rings. The Balaban J connectivity index is 2.93. The smallest absolute Gasteiger partial charge is 0.0291 e. The predicted octanol–water partition coefficient (Wildman–Crippen LogP) is 2.28. The third-order valence-electron chi connectivity index (χ3n) is 2.09. The normalized spacial score (nSPS) is 13.0. The van der Waals surface area contributed by atoms with E-state index >= 15 is 0 Å². The van der Waals surface area contributed by atoms with Crippen molar-refractivity contribution in [3.63, 3.8) is 0 Å². The van der Waals surface area contributed by atoms with Crippen LogP contribution >= 0.6 is 0 Å². The first-order chi connectivity index (χ1) is 5.25. The van der Waals surface area contributed by atoms with Crippen molar-refractivity contribution in [3.05, 3.63) is 35.4 Å². The number of benzene rings is 1. The SMILES string of the molecule is CN[C@H](C)c1ccccc1C. The zero-order valence-electron chi connectivity index (χ0n) is 7.39. The maximum atomic E-state index is 3.22. The summed E-state index contributed by atoms with van der Waals surface area (Å²) in [5.41, 5.74) is 2.74. The van der Waals surface area contributed by atoms with Gasteiger partial charge in [0.05, 0.1) is 0 Å². The molecule has 0 saturated carbocycles. The Morgan fingerprint density at radius 3 is 2.45 bits per heavy atom. The zero-order chi connectivity index (χ0) is 8.27. The zero-order valence-corrected chi connectivity index (χ0v) is 7.39. The molecule has 1 atom stereocenters. The van der Waals surface area contributed by atoms with E-state index in [-0.39, 0.29) is 0 Å². The van der Waals surface area contributed by atoms with E-state index < -0.39 is 0 Å². The summed E-state index contributed by atoms with van der Waals surface area (Å²) >= 11 is 0. The van der Waals surface area contributed by atoms with E-state index in [9.17, 15) is 0 Å². The molecule has 0 fully saturated rings. The third-order valence-corrected chi connectivity index (χ3v) is 2.09. The van der Waals surface area contributed by atoms with Gasteiger partial charge in [0.15, 0.2) is 0 Å². The van der Waals surface area contributed by atoms with Crippen LogP contribution in [0.5, 0.6) is 0 Å². The van der Waals surface area contributed by atoms with Crippen molar-refractivity contribution >= 4 is 0 Å². The molecule has 0 heterocycles. The highest BCUT2D eigenvalue weighted by atomic mass is 14.9. The Labute approximate surface area is 68.4 Å². The largest absolute Gasteiger partial charge is 0.313 e. The van der Waals surface area contributed by atoms with Crippen molar-refractivity contribution in [2.45, 2.75) is 19.9 Å². The summed E-state index contributed by atoms with van der Waals surface area (Å²) in [6.45, 7) is 4.31. The molecule has 1 aromatic carbocycles. The number of aryl methyl sites for hydroxylation is 1. The fourth-order valence-corrected chi connectivity index (χ4v) is 1.23. The second kappa shape index (κ2) is 3.54. The summed E-state index contributed by atoms with van der Waals surface area (Å²) < 4.78 is 0. The molecule has 0 spiro atoms. The molecule has 0 aliphatic carbocycles. The van der Waals surface area contributed by atoms with E-state index in [0.717, 1.165) is 0 Å². The Hall–Kier alpha value is -0.820. The van der Waals surface area contributed by atoms with Crippen LogP contribution in [0.15, 0.2) is 24.3 Å². The minimum absolute atomic E-state index is 0.455. The summed E-state index contributed by atoms with van der Waals surface area (Å²) in [5.74, 6) is 0. The second-order valence-electron chi connectivity index (χ2n) is 2.87. The monoisotopic (exact) mass is 149 g/mol. The van der Waals surface area contributed by atoms with Crippen molar-refractivity contribution < 1.29 is 0 Å². The van der Waals surface area contributed by atoms with Crippen LogP contribution < -0.4 is 5.32 Å². The molecule has 1 aromatic rings. The number of hydrogen-bond acceptors (Lipinski definition) is 1. The van der Waals surface area contributed by atoms with Crippen molar-refractivity contribution in [1.82, 2.24) is 5.32 Å². The molecule has 0 aromatic heterocycles. The van der Waals surface area contributed by atoms with Gasteiger partial charge in [0, 0.05) is 6.04 Å². The Kier molecular flexibility index (Phi) is 2.66. The summed E-state index contributed by atoms with van der Waals surface area (Å²) in [6, 6.07) is 8.91. The van der Waals surface area contributed by atoms with E-state index in [0.29, 0.717) is 6.04 Å². The van der Waals surface area contributed by atoms with Gasteiger partial charge in [-0.3, -0.25) is 0 Å². The quantitative estimate of drug-likeness (QED) is 0.680. The van der Waals surface area contributed by atoms with Crippen LogP contribution in [0, 0.1) is 6.92 Å². The van der Waals surface area contributed by atoms with E-state index in [1.807, 2.05) is 7.05 Å². The lowest BCUT2D eigenvalue weighted by Crippen LogP contribution is -2.13. The molecule has 0 amide bonds. The van der Waals surface area contributed by atoms with Gasteiger partial charge in [-0.25, -0.2) is 0 Å². The van der Waals surface area contributed by atoms with Crippen molar-refractivity contribution in [2.75, 3.05) is 7.05 Å². The fraction of sp³-hybridized carbons (Fsp3) is 0.400.